The molecule has 1 saturated carbocycles. The Kier molecular flexibility index (Phi) is 4.80. The Labute approximate surface area is 110 Å². The van der Waals surface area contributed by atoms with E-state index in [0.717, 1.165) is 25.5 Å². The van der Waals surface area contributed by atoms with Gasteiger partial charge in [0.15, 0.2) is 14.9 Å². The highest BCUT2D eigenvalue weighted by molar-refractivity contribution is 8.06. The number of nitrogens with two attached hydrogens (primary N) is 1. The Bertz CT molecular complexity index is 478. The second-order valence-corrected chi connectivity index (χ2v) is 9.62. The lowest BCUT2D eigenvalue weighted by Gasteiger charge is -2.42. The summed E-state index contributed by atoms with van der Waals surface area (Å²) in [7, 11) is -5.95. The summed E-state index contributed by atoms with van der Waals surface area (Å²) in [6.07, 6.45) is 5.24. The van der Waals surface area contributed by atoms with Gasteiger partial charge in [-0.3, -0.25) is 0 Å². The average Bonchev–Trinajstić information content (AvgIpc) is 2.26. The van der Waals surface area contributed by atoms with Crippen molar-refractivity contribution in [1.82, 2.24) is 4.31 Å². The van der Waals surface area contributed by atoms with Crippen LogP contribution in [0.3, 0.4) is 0 Å². The molecule has 0 aliphatic heterocycles. The molecule has 0 bridgehead atoms. The summed E-state index contributed by atoms with van der Waals surface area (Å²) in [5.41, 5.74) is 5.13. The van der Waals surface area contributed by atoms with Gasteiger partial charge in [-0.05, 0) is 12.8 Å². The molecule has 1 aliphatic carbocycles. The molecule has 0 aromatic heterocycles. The molecule has 0 radical (unpaired) electrons. The predicted octanol–water partition coefficient (Wildman–Crippen LogP) is -0.0883. The summed E-state index contributed by atoms with van der Waals surface area (Å²) in [6, 6.07) is 0. The Morgan fingerprint density at radius 2 is 1.61 bits per heavy atom. The van der Waals surface area contributed by atoms with E-state index in [4.69, 9.17) is 5.73 Å². The Morgan fingerprint density at radius 3 is 2.00 bits per heavy atom. The fraction of sp³-hybridized carbons (Fsp3) is 1.00. The van der Waals surface area contributed by atoms with Gasteiger partial charge in [0, 0.05) is 25.4 Å². The lowest BCUT2D eigenvalue weighted by molar-refractivity contribution is 0.160. The summed E-state index contributed by atoms with van der Waals surface area (Å²) >= 11 is 0. The fourth-order valence-corrected chi connectivity index (χ4v) is 6.15. The molecule has 1 rings (SSSR count). The molecule has 2 N–H and O–H groups in total. The molecule has 0 spiro atoms. The third-order valence-corrected chi connectivity index (χ3v) is 7.74. The third kappa shape index (κ3) is 3.66. The number of sulfone groups is 1. The van der Waals surface area contributed by atoms with Crippen LogP contribution in [0.25, 0.3) is 0 Å². The molecule has 0 saturated heterocycles. The monoisotopic (exact) mass is 298 g/mol. The van der Waals surface area contributed by atoms with Crippen LogP contribution in [0.5, 0.6) is 0 Å². The predicted molar refractivity (Wildman–Crippen MR) is 71.3 cm³/mol. The van der Waals surface area contributed by atoms with Gasteiger partial charge in [-0.25, -0.2) is 16.8 Å². The molecular weight excluding hydrogens is 276 g/mol. The van der Waals surface area contributed by atoms with Crippen LogP contribution in [0.15, 0.2) is 0 Å². The van der Waals surface area contributed by atoms with Crippen molar-refractivity contribution in [2.75, 3.05) is 24.9 Å². The highest BCUT2D eigenvalue weighted by atomic mass is 32.3. The summed E-state index contributed by atoms with van der Waals surface area (Å²) < 4.78 is 47.8. The Balaban J connectivity index is 3.00. The maximum Gasteiger partial charge on any atom is 0.228 e. The summed E-state index contributed by atoms with van der Waals surface area (Å²) in [6.45, 7) is 0.229. The number of sulfonamides is 1. The van der Waals surface area contributed by atoms with E-state index < -0.39 is 30.5 Å². The topological polar surface area (TPSA) is 97.5 Å². The zero-order chi connectivity index (χ0) is 14.0. The summed E-state index contributed by atoms with van der Waals surface area (Å²) in [4.78, 5) is 0. The third-order valence-electron chi connectivity index (χ3n) is 3.61. The summed E-state index contributed by atoms with van der Waals surface area (Å²) in [5, 5.41) is -0.849. The number of likely N-dealkylation sites (N-methyl/N-ethyl adjacent to an activating group) is 1. The van der Waals surface area contributed by atoms with Crippen LogP contribution < -0.4 is 5.73 Å². The van der Waals surface area contributed by atoms with E-state index in [-0.39, 0.29) is 6.54 Å². The quantitative estimate of drug-likeness (QED) is 0.765. The normalized spacial score (nSPS) is 21.1. The van der Waals surface area contributed by atoms with Gasteiger partial charge in [-0.15, -0.1) is 0 Å². The van der Waals surface area contributed by atoms with Crippen molar-refractivity contribution >= 4 is 19.9 Å². The van der Waals surface area contributed by atoms with Crippen LogP contribution >= 0.6 is 0 Å². The van der Waals surface area contributed by atoms with E-state index in [0.29, 0.717) is 12.8 Å². The van der Waals surface area contributed by atoms with Crippen LogP contribution in [0.2, 0.25) is 0 Å². The highest BCUT2D eigenvalue weighted by Crippen LogP contribution is 2.33. The maximum absolute atomic E-state index is 12.1. The molecule has 8 heteroatoms. The van der Waals surface area contributed by atoms with Gasteiger partial charge in [0.1, 0.15) is 0 Å². The molecule has 1 aliphatic rings. The van der Waals surface area contributed by atoms with E-state index in [1.165, 1.54) is 11.4 Å². The highest BCUT2D eigenvalue weighted by Gasteiger charge is 2.41. The van der Waals surface area contributed by atoms with E-state index in [1.807, 2.05) is 0 Å². The van der Waals surface area contributed by atoms with Crippen molar-refractivity contribution in [1.29, 1.82) is 0 Å². The van der Waals surface area contributed by atoms with Crippen LogP contribution in [0, 0.1) is 0 Å². The first-order valence-electron chi connectivity index (χ1n) is 5.97. The van der Waals surface area contributed by atoms with Crippen LogP contribution in [0.4, 0.5) is 0 Å². The number of rotatable bonds is 5. The van der Waals surface area contributed by atoms with Crippen molar-refractivity contribution in [2.24, 2.45) is 5.73 Å². The van der Waals surface area contributed by atoms with Gasteiger partial charge >= 0.3 is 0 Å². The van der Waals surface area contributed by atoms with Crippen LogP contribution in [-0.4, -0.2) is 51.6 Å². The molecule has 0 unspecified atom stereocenters. The first kappa shape index (κ1) is 15.9. The van der Waals surface area contributed by atoms with E-state index in [1.54, 1.807) is 0 Å². The van der Waals surface area contributed by atoms with E-state index in [2.05, 4.69) is 0 Å². The molecule has 18 heavy (non-hydrogen) atoms. The molecule has 6 nitrogen and oxygen atoms in total. The molecule has 108 valence electrons. The standard InChI is InChI=1S/C10H22N2O4S2/c1-12(18(15,16)9-17(2,13)14)10(8-11)6-4-3-5-7-10/h3-9,11H2,1-2H3. The first-order valence-corrected chi connectivity index (χ1v) is 9.64. The van der Waals surface area contributed by atoms with E-state index >= 15 is 0 Å². The number of hydrogen-bond acceptors (Lipinski definition) is 5. The van der Waals surface area contributed by atoms with Crippen LogP contribution in [-0.2, 0) is 19.9 Å². The van der Waals surface area contributed by atoms with Crippen molar-refractivity contribution in [2.45, 2.75) is 37.6 Å². The van der Waals surface area contributed by atoms with Crippen molar-refractivity contribution in [3.8, 4) is 0 Å². The van der Waals surface area contributed by atoms with Gasteiger partial charge in [0.2, 0.25) is 10.0 Å². The first-order chi connectivity index (χ1) is 8.13. The largest absolute Gasteiger partial charge is 0.329 e. The molecule has 1 fully saturated rings. The number of hydrogen-bond donors (Lipinski definition) is 1. The second-order valence-electron chi connectivity index (χ2n) is 5.11. The lowest BCUT2D eigenvalue weighted by atomic mass is 9.82. The van der Waals surface area contributed by atoms with Gasteiger partial charge in [-0.1, -0.05) is 19.3 Å². The second kappa shape index (κ2) is 5.44. The molecule has 0 amide bonds. The molecular formula is C10H22N2O4S2. The molecule has 0 heterocycles. The Morgan fingerprint density at radius 1 is 1.11 bits per heavy atom. The van der Waals surface area contributed by atoms with Crippen molar-refractivity contribution in [3.05, 3.63) is 0 Å². The van der Waals surface area contributed by atoms with Gasteiger partial charge in [0.05, 0.1) is 0 Å². The smallest absolute Gasteiger partial charge is 0.228 e. The van der Waals surface area contributed by atoms with Crippen molar-refractivity contribution < 1.29 is 16.8 Å². The molecule has 0 aromatic rings. The van der Waals surface area contributed by atoms with Gasteiger partial charge in [0.25, 0.3) is 0 Å². The van der Waals surface area contributed by atoms with Gasteiger partial charge < -0.3 is 5.73 Å². The summed E-state index contributed by atoms with van der Waals surface area (Å²) in [5.74, 6) is 0. The zero-order valence-electron chi connectivity index (χ0n) is 10.9. The minimum atomic E-state index is -3.82. The lowest BCUT2D eigenvalue weighted by Crippen LogP contribution is -2.56. The zero-order valence-corrected chi connectivity index (χ0v) is 12.6. The molecule has 0 aromatic carbocycles. The van der Waals surface area contributed by atoms with Gasteiger partial charge in [-0.2, -0.15) is 4.31 Å². The van der Waals surface area contributed by atoms with E-state index in [9.17, 15) is 16.8 Å². The minimum absolute atomic E-state index is 0.229. The SMILES string of the molecule is CN(C1(CN)CCCCC1)S(=O)(=O)CS(C)(=O)=O. The fourth-order valence-electron chi connectivity index (χ4n) is 2.50. The number of nitrogens with zero attached hydrogens (tertiary/aromatic N) is 1. The molecule has 0 atom stereocenters. The Hall–Kier alpha value is -0.180. The minimum Gasteiger partial charge on any atom is -0.329 e. The van der Waals surface area contributed by atoms with Crippen LogP contribution in [0.1, 0.15) is 32.1 Å². The maximum atomic E-state index is 12.1. The average molecular weight is 298 g/mol. The van der Waals surface area contributed by atoms with Crippen molar-refractivity contribution in [3.63, 3.8) is 0 Å².